The Balaban J connectivity index is 3.37. The molecule has 0 aliphatic heterocycles. The molecule has 3 nitrogen and oxygen atoms in total. The van der Waals surface area contributed by atoms with E-state index in [9.17, 15) is 4.79 Å². The number of rotatable bonds is 7. The molecule has 0 radical (unpaired) electrons. The minimum absolute atomic E-state index is 0.103. The maximum absolute atomic E-state index is 11.3. The lowest BCUT2D eigenvalue weighted by Crippen LogP contribution is -2.38. The highest BCUT2D eigenvalue weighted by Gasteiger charge is 2.03. The molecule has 84 valence electrons. The van der Waals surface area contributed by atoms with Gasteiger partial charge in [-0.1, -0.05) is 20.8 Å². The first-order chi connectivity index (χ1) is 6.56. The number of carbonyl (C=O) groups is 1. The number of carbonyl (C=O) groups excluding carboxylic acids is 1. The first-order valence-electron chi connectivity index (χ1n) is 5.56. The van der Waals surface area contributed by atoms with Crippen LogP contribution in [0.5, 0.6) is 0 Å². The predicted octanol–water partition coefficient (Wildman–Crippen LogP) is 1.54. The van der Waals surface area contributed by atoms with Crippen LogP contribution in [0.4, 0.5) is 0 Å². The van der Waals surface area contributed by atoms with Gasteiger partial charge in [-0.3, -0.25) is 4.79 Å². The van der Waals surface area contributed by atoms with Crippen molar-refractivity contribution in [3.8, 4) is 0 Å². The van der Waals surface area contributed by atoms with Crippen LogP contribution in [0.15, 0.2) is 0 Å². The third kappa shape index (κ3) is 8.05. The van der Waals surface area contributed by atoms with Crippen LogP contribution in [0.2, 0.25) is 0 Å². The molecule has 0 aliphatic carbocycles. The lowest BCUT2D eigenvalue weighted by molar-refractivity contribution is -0.120. The minimum Gasteiger partial charge on any atom is -0.355 e. The van der Waals surface area contributed by atoms with Crippen LogP contribution in [0.25, 0.3) is 0 Å². The summed E-state index contributed by atoms with van der Waals surface area (Å²) in [6.07, 6.45) is 2.11. The van der Waals surface area contributed by atoms with Crippen molar-refractivity contribution in [2.24, 2.45) is 5.92 Å². The van der Waals surface area contributed by atoms with E-state index in [0.29, 0.717) is 18.5 Å². The number of nitrogens with one attached hydrogen (secondary N) is 2. The average Bonchev–Trinajstić information content (AvgIpc) is 2.13. The van der Waals surface area contributed by atoms with Gasteiger partial charge in [-0.05, 0) is 25.7 Å². The van der Waals surface area contributed by atoms with Gasteiger partial charge in [0.05, 0.1) is 6.54 Å². The van der Waals surface area contributed by atoms with Gasteiger partial charge >= 0.3 is 0 Å². The average molecular weight is 200 g/mol. The predicted molar refractivity (Wildman–Crippen MR) is 60.2 cm³/mol. The zero-order valence-electron chi connectivity index (χ0n) is 9.89. The molecule has 1 amide bonds. The Labute approximate surface area is 87.6 Å². The van der Waals surface area contributed by atoms with E-state index in [1.54, 1.807) is 0 Å². The Hall–Kier alpha value is -0.570. The highest BCUT2D eigenvalue weighted by atomic mass is 16.1. The van der Waals surface area contributed by atoms with Gasteiger partial charge in [-0.15, -0.1) is 0 Å². The number of hydrogen-bond donors (Lipinski definition) is 2. The van der Waals surface area contributed by atoms with Gasteiger partial charge in [-0.25, -0.2) is 0 Å². The van der Waals surface area contributed by atoms with Crippen LogP contribution in [-0.2, 0) is 4.79 Å². The molecule has 0 saturated carbocycles. The van der Waals surface area contributed by atoms with Gasteiger partial charge < -0.3 is 10.6 Å². The van der Waals surface area contributed by atoms with E-state index < -0.39 is 0 Å². The molecule has 0 saturated heterocycles. The summed E-state index contributed by atoms with van der Waals surface area (Å²) in [5.74, 6) is 0.753. The molecule has 1 atom stereocenters. The zero-order chi connectivity index (χ0) is 11.0. The SMILES string of the molecule is CCC(C)NCC(=O)NCCC(C)C. The molecule has 0 aromatic heterocycles. The van der Waals surface area contributed by atoms with Crippen molar-refractivity contribution in [2.45, 2.75) is 46.6 Å². The Bertz CT molecular complexity index is 157. The largest absolute Gasteiger partial charge is 0.355 e. The van der Waals surface area contributed by atoms with Crippen molar-refractivity contribution < 1.29 is 4.79 Å². The second-order valence-corrected chi connectivity index (χ2v) is 4.22. The molecular weight excluding hydrogens is 176 g/mol. The molecule has 0 aliphatic rings. The summed E-state index contributed by atoms with van der Waals surface area (Å²) in [6, 6.07) is 0.422. The maximum atomic E-state index is 11.3. The second-order valence-electron chi connectivity index (χ2n) is 4.22. The molecule has 0 rings (SSSR count). The first kappa shape index (κ1) is 13.4. The molecular formula is C11H24N2O. The molecule has 0 fully saturated rings. The van der Waals surface area contributed by atoms with E-state index in [4.69, 9.17) is 0 Å². The minimum atomic E-state index is 0.103. The van der Waals surface area contributed by atoms with Crippen LogP contribution in [0.3, 0.4) is 0 Å². The van der Waals surface area contributed by atoms with Crippen molar-refractivity contribution in [1.82, 2.24) is 10.6 Å². The molecule has 0 bridgehead atoms. The van der Waals surface area contributed by atoms with E-state index >= 15 is 0 Å². The highest BCUT2D eigenvalue weighted by Crippen LogP contribution is 1.95. The summed E-state index contributed by atoms with van der Waals surface area (Å²) < 4.78 is 0. The lowest BCUT2D eigenvalue weighted by Gasteiger charge is -2.11. The van der Waals surface area contributed by atoms with Crippen molar-refractivity contribution in [2.75, 3.05) is 13.1 Å². The first-order valence-corrected chi connectivity index (χ1v) is 5.56. The smallest absolute Gasteiger partial charge is 0.233 e. The van der Waals surface area contributed by atoms with Gasteiger partial charge in [0.25, 0.3) is 0 Å². The quantitative estimate of drug-likeness (QED) is 0.654. The van der Waals surface area contributed by atoms with E-state index in [1.165, 1.54) is 0 Å². The van der Waals surface area contributed by atoms with Crippen molar-refractivity contribution in [3.05, 3.63) is 0 Å². The fraction of sp³-hybridized carbons (Fsp3) is 0.909. The number of hydrogen-bond acceptors (Lipinski definition) is 2. The van der Waals surface area contributed by atoms with E-state index in [0.717, 1.165) is 19.4 Å². The van der Waals surface area contributed by atoms with Crippen molar-refractivity contribution in [1.29, 1.82) is 0 Å². The van der Waals surface area contributed by atoms with E-state index in [1.807, 2.05) is 0 Å². The Morgan fingerprint density at radius 3 is 2.43 bits per heavy atom. The van der Waals surface area contributed by atoms with E-state index in [-0.39, 0.29) is 5.91 Å². The summed E-state index contributed by atoms with van der Waals surface area (Å²) in [5.41, 5.74) is 0. The molecule has 2 N–H and O–H groups in total. The van der Waals surface area contributed by atoms with Crippen LogP contribution < -0.4 is 10.6 Å². The Kier molecular flexibility index (Phi) is 7.48. The van der Waals surface area contributed by atoms with E-state index in [2.05, 4.69) is 38.3 Å². The summed E-state index contributed by atoms with van der Waals surface area (Å²) in [7, 11) is 0. The normalized spacial score (nSPS) is 12.9. The van der Waals surface area contributed by atoms with Crippen LogP contribution in [0.1, 0.15) is 40.5 Å². The molecule has 1 unspecified atom stereocenters. The fourth-order valence-corrected chi connectivity index (χ4v) is 0.974. The summed E-state index contributed by atoms with van der Waals surface area (Å²) in [4.78, 5) is 11.3. The maximum Gasteiger partial charge on any atom is 0.233 e. The molecule has 0 heterocycles. The van der Waals surface area contributed by atoms with Crippen LogP contribution in [0, 0.1) is 5.92 Å². The monoisotopic (exact) mass is 200 g/mol. The van der Waals surface area contributed by atoms with Crippen molar-refractivity contribution in [3.63, 3.8) is 0 Å². The molecule has 14 heavy (non-hydrogen) atoms. The van der Waals surface area contributed by atoms with Gasteiger partial charge in [0.2, 0.25) is 5.91 Å². The lowest BCUT2D eigenvalue weighted by atomic mass is 10.1. The zero-order valence-corrected chi connectivity index (χ0v) is 9.89. The third-order valence-electron chi connectivity index (χ3n) is 2.27. The summed E-state index contributed by atoms with van der Waals surface area (Å²) in [6.45, 7) is 9.73. The standard InChI is InChI=1S/C11H24N2O/c1-5-10(4)13-8-11(14)12-7-6-9(2)3/h9-10,13H,5-8H2,1-4H3,(H,12,14). The van der Waals surface area contributed by atoms with Gasteiger partial charge in [0.15, 0.2) is 0 Å². The van der Waals surface area contributed by atoms with Gasteiger partial charge in [-0.2, -0.15) is 0 Å². The summed E-state index contributed by atoms with van der Waals surface area (Å²) >= 11 is 0. The molecule has 0 aromatic carbocycles. The second kappa shape index (κ2) is 7.80. The van der Waals surface area contributed by atoms with Gasteiger partial charge in [0.1, 0.15) is 0 Å². The molecule has 0 spiro atoms. The summed E-state index contributed by atoms with van der Waals surface area (Å²) in [5, 5.41) is 6.05. The highest BCUT2D eigenvalue weighted by molar-refractivity contribution is 5.77. The number of amides is 1. The molecule has 3 heteroatoms. The topological polar surface area (TPSA) is 41.1 Å². The fourth-order valence-electron chi connectivity index (χ4n) is 0.974. The Morgan fingerprint density at radius 1 is 1.29 bits per heavy atom. The van der Waals surface area contributed by atoms with Crippen LogP contribution >= 0.6 is 0 Å². The Morgan fingerprint density at radius 2 is 1.93 bits per heavy atom. The third-order valence-corrected chi connectivity index (χ3v) is 2.27. The van der Waals surface area contributed by atoms with Gasteiger partial charge in [0, 0.05) is 12.6 Å². The van der Waals surface area contributed by atoms with Crippen LogP contribution in [-0.4, -0.2) is 25.0 Å². The molecule has 0 aromatic rings. The van der Waals surface area contributed by atoms with Crippen molar-refractivity contribution >= 4 is 5.91 Å².